The quantitative estimate of drug-likeness (QED) is 0.551. The molecule has 0 atom stereocenters. The van der Waals surface area contributed by atoms with Crippen LogP contribution in [0.2, 0.25) is 0 Å². The van der Waals surface area contributed by atoms with E-state index in [0.29, 0.717) is 31.6 Å². The lowest BCUT2D eigenvalue weighted by atomic mass is 9.96. The maximum Gasteiger partial charge on any atom is 0.220 e. The summed E-state index contributed by atoms with van der Waals surface area (Å²) in [6, 6.07) is 17.5. The highest BCUT2D eigenvalue weighted by atomic mass is 16.5. The maximum absolute atomic E-state index is 12.1. The highest BCUT2D eigenvalue weighted by molar-refractivity contribution is 5.94. The molecule has 2 aromatic rings. The molecule has 1 fully saturated rings. The van der Waals surface area contributed by atoms with Gasteiger partial charge in [-0.15, -0.1) is 0 Å². The first kappa shape index (κ1) is 18.2. The van der Waals surface area contributed by atoms with Gasteiger partial charge in [0.1, 0.15) is 5.75 Å². The molecule has 0 aliphatic heterocycles. The van der Waals surface area contributed by atoms with Gasteiger partial charge in [-0.25, -0.2) is 0 Å². The van der Waals surface area contributed by atoms with Crippen LogP contribution in [0.3, 0.4) is 0 Å². The van der Waals surface area contributed by atoms with Gasteiger partial charge in [0, 0.05) is 23.9 Å². The van der Waals surface area contributed by atoms with E-state index in [9.17, 15) is 9.59 Å². The van der Waals surface area contributed by atoms with Crippen LogP contribution < -0.4 is 10.1 Å². The van der Waals surface area contributed by atoms with Crippen LogP contribution in [0.15, 0.2) is 54.6 Å². The molecule has 1 saturated carbocycles. The fourth-order valence-corrected chi connectivity index (χ4v) is 3.07. The molecule has 0 heterocycles. The molecule has 0 bridgehead atoms. The summed E-state index contributed by atoms with van der Waals surface area (Å²) in [5.74, 6) is 0.830. The molecule has 4 nitrogen and oxygen atoms in total. The number of hydrogen-bond donors (Lipinski definition) is 1. The topological polar surface area (TPSA) is 55.4 Å². The Morgan fingerprint density at radius 2 is 1.73 bits per heavy atom. The summed E-state index contributed by atoms with van der Waals surface area (Å²) in [5.41, 5.74) is 2.13. The molecule has 1 N–H and O–H groups in total. The van der Waals surface area contributed by atoms with Gasteiger partial charge in [-0.1, -0.05) is 30.3 Å². The van der Waals surface area contributed by atoms with Gasteiger partial charge >= 0.3 is 0 Å². The minimum Gasteiger partial charge on any atom is -0.494 e. The molecule has 0 saturated heterocycles. The van der Waals surface area contributed by atoms with E-state index in [-0.39, 0.29) is 17.1 Å². The minimum absolute atomic E-state index is 0.0390. The van der Waals surface area contributed by atoms with Crippen molar-refractivity contribution >= 4 is 11.7 Å². The lowest BCUT2D eigenvalue weighted by Gasteiger charge is -2.16. The van der Waals surface area contributed by atoms with Crippen LogP contribution in [0.4, 0.5) is 0 Å². The Balaban J connectivity index is 1.35. The molecule has 136 valence electrons. The third kappa shape index (κ3) is 4.72. The molecule has 26 heavy (non-hydrogen) atoms. The first-order valence-electron chi connectivity index (χ1n) is 9.15. The number of hydrogen-bond acceptors (Lipinski definition) is 3. The molecule has 0 unspecified atom stereocenters. The Morgan fingerprint density at radius 3 is 2.35 bits per heavy atom. The number of ether oxygens (including phenoxy) is 1. The summed E-state index contributed by atoms with van der Waals surface area (Å²) < 4.78 is 5.63. The molecule has 1 amide bonds. The Labute approximate surface area is 154 Å². The summed E-state index contributed by atoms with van der Waals surface area (Å²) in [4.78, 5) is 23.3. The van der Waals surface area contributed by atoms with Gasteiger partial charge in [-0.2, -0.15) is 0 Å². The highest BCUT2D eigenvalue weighted by Gasteiger charge is 2.44. The number of amides is 1. The lowest BCUT2D eigenvalue weighted by Crippen LogP contribution is -2.32. The molecule has 0 spiro atoms. The summed E-state index contributed by atoms with van der Waals surface area (Å²) >= 11 is 0. The van der Waals surface area contributed by atoms with Crippen LogP contribution in [0.25, 0.3) is 0 Å². The SMILES string of the molecule is CC(=O)c1ccc(OCCCC(=O)NCC2(c3ccccc3)CC2)cc1. The van der Waals surface area contributed by atoms with Crippen molar-refractivity contribution in [3.63, 3.8) is 0 Å². The van der Waals surface area contributed by atoms with Crippen molar-refractivity contribution in [2.24, 2.45) is 0 Å². The normalized spacial score (nSPS) is 14.5. The van der Waals surface area contributed by atoms with Crippen molar-refractivity contribution in [2.45, 2.75) is 38.0 Å². The van der Waals surface area contributed by atoms with Crippen LogP contribution in [0, 0.1) is 0 Å². The van der Waals surface area contributed by atoms with E-state index < -0.39 is 0 Å². The van der Waals surface area contributed by atoms with Crippen LogP contribution in [0.1, 0.15) is 48.5 Å². The van der Waals surface area contributed by atoms with Crippen LogP contribution in [-0.4, -0.2) is 24.8 Å². The molecular formula is C22H25NO3. The third-order valence-electron chi connectivity index (χ3n) is 4.94. The molecule has 0 aromatic heterocycles. The number of carbonyl (C=O) groups is 2. The predicted octanol–water partition coefficient (Wildman–Crippen LogP) is 3.90. The summed E-state index contributed by atoms with van der Waals surface area (Å²) in [7, 11) is 0. The van der Waals surface area contributed by atoms with Gasteiger partial charge in [0.25, 0.3) is 0 Å². The van der Waals surface area contributed by atoms with Gasteiger partial charge in [-0.05, 0) is 56.0 Å². The van der Waals surface area contributed by atoms with Gasteiger partial charge < -0.3 is 10.1 Å². The van der Waals surface area contributed by atoms with Gasteiger partial charge in [0.05, 0.1) is 6.61 Å². The van der Waals surface area contributed by atoms with Crippen molar-refractivity contribution in [1.82, 2.24) is 5.32 Å². The summed E-state index contributed by atoms with van der Waals surface area (Å²) in [6.07, 6.45) is 3.39. The fraction of sp³-hybridized carbons (Fsp3) is 0.364. The van der Waals surface area contributed by atoms with E-state index in [1.807, 2.05) is 6.07 Å². The van der Waals surface area contributed by atoms with E-state index in [0.717, 1.165) is 18.6 Å². The molecule has 1 aliphatic carbocycles. The molecule has 0 radical (unpaired) electrons. The van der Waals surface area contributed by atoms with E-state index in [2.05, 4.69) is 29.6 Å². The van der Waals surface area contributed by atoms with Crippen molar-refractivity contribution in [2.75, 3.05) is 13.2 Å². The Kier molecular flexibility index (Phi) is 5.71. The van der Waals surface area contributed by atoms with Crippen molar-refractivity contribution in [1.29, 1.82) is 0 Å². The summed E-state index contributed by atoms with van der Waals surface area (Å²) in [5, 5.41) is 3.07. The number of rotatable bonds is 9. The van der Waals surface area contributed by atoms with Crippen LogP contribution in [-0.2, 0) is 10.2 Å². The van der Waals surface area contributed by atoms with E-state index >= 15 is 0 Å². The zero-order valence-electron chi connectivity index (χ0n) is 15.2. The Bertz CT molecular complexity index is 749. The number of ketones is 1. The second kappa shape index (κ2) is 8.17. The zero-order chi connectivity index (χ0) is 18.4. The monoisotopic (exact) mass is 351 g/mol. The zero-order valence-corrected chi connectivity index (χ0v) is 15.2. The molecule has 4 heteroatoms. The van der Waals surface area contributed by atoms with Crippen molar-refractivity contribution < 1.29 is 14.3 Å². The van der Waals surface area contributed by atoms with Gasteiger partial charge in [0.15, 0.2) is 5.78 Å². The maximum atomic E-state index is 12.1. The Morgan fingerprint density at radius 1 is 1.04 bits per heavy atom. The predicted molar refractivity (Wildman–Crippen MR) is 102 cm³/mol. The molecule has 3 rings (SSSR count). The second-order valence-corrected chi connectivity index (χ2v) is 6.96. The largest absolute Gasteiger partial charge is 0.494 e. The molecular weight excluding hydrogens is 326 g/mol. The van der Waals surface area contributed by atoms with Crippen LogP contribution in [0.5, 0.6) is 5.75 Å². The first-order valence-corrected chi connectivity index (χ1v) is 9.15. The van der Waals surface area contributed by atoms with E-state index in [4.69, 9.17) is 4.74 Å². The van der Waals surface area contributed by atoms with E-state index in [1.165, 1.54) is 12.5 Å². The number of nitrogens with one attached hydrogen (secondary N) is 1. The average Bonchev–Trinajstić information content (AvgIpc) is 3.46. The average molecular weight is 351 g/mol. The molecule has 2 aromatic carbocycles. The lowest BCUT2D eigenvalue weighted by molar-refractivity contribution is -0.121. The van der Waals surface area contributed by atoms with E-state index in [1.54, 1.807) is 24.3 Å². The smallest absolute Gasteiger partial charge is 0.220 e. The summed E-state index contributed by atoms with van der Waals surface area (Å²) in [6.45, 7) is 2.73. The third-order valence-corrected chi connectivity index (χ3v) is 4.94. The standard InChI is InChI=1S/C22H25NO3/c1-17(24)18-9-11-20(12-10-18)26-15-5-8-21(25)23-16-22(13-14-22)19-6-3-2-4-7-19/h2-4,6-7,9-12H,5,8,13-16H2,1H3,(H,23,25). The first-order chi connectivity index (χ1) is 12.6. The molecule has 1 aliphatic rings. The van der Waals surface area contributed by atoms with Crippen LogP contribution >= 0.6 is 0 Å². The number of carbonyl (C=O) groups excluding carboxylic acids is 2. The Hall–Kier alpha value is -2.62. The van der Waals surface area contributed by atoms with Gasteiger partial charge in [-0.3, -0.25) is 9.59 Å². The minimum atomic E-state index is 0.0390. The van der Waals surface area contributed by atoms with Crippen molar-refractivity contribution in [3.05, 3.63) is 65.7 Å². The second-order valence-electron chi connectivity index (χ2n) is 6.96. The van der Waals surface area contributed by atoms with Crippen molar-refractivity contribution in [3.8, 4) is 5.75 Å². The number of benzene rings is 2. The fourth-order valence-electron chi connectivity index (χ4n) is 3.07. The van der Waals surface area contributed by atoms with Gasteiger partial charge in [0.2, 0.25) is 5.91 Å². The number of Topliss-reactive ketones (excluding diaryl/α,β-unsaturated/α-hetero) is 1. The highest BCUT2D eigenvalue weighted by Crippen LogP contribution is 2.47.